The summed E-state index contributed by atoms with van der Waals surface area (Å²) in [6.45, 7) is 3.69. The Morgan fingerprint density at radius 2 is 2.05 bits per heavy atom. The van der Waals surface area contributed by atoms with Crippen molar-refractivity contribution >= 4 is 15.9 Å². The van der Waals surface area contributed by atoms with Gasteiger partial charge in [-0.3, -0.25) is 0 Å². The zero-order chi connectivity index (χ0) is 15.6. The first kappa shape index (κ1) is 15.9. The fraction of sp³-hybridized carbons (Fsp3) is 0.267. The SMILES string of the molecule is Cc1cc(CC(C)N)cnc1Oc1cc(Br)cc(F)c1F. The molecule has 0 amide bonds. The van der Waals surface area contributed by atoms with E-state index in [1.807, 2.05) is 13.0 Å². The molecule has 0 spiro atoms. The van der Waals surface area contributed by atoms with E-state index in [1.54, 1.807) is 13.1 Å². The maximum Gasteiger partial charge on any atom is 0.222 e. The molecule has 21 heavy (non-hydrogen) atoms. The molecule has 0 bridgehead atoms. The molecule has 0 saturated carbocycles. The lowest BCUT2D eigenvalue weighted by molar-refractivity contribution is 0.402. The van der Waals surface area contributed by atoms with Crippen LogP contribution >= 0.6 is 15.9 Å². The van der Waals surface area contributed by atoms with Crippen LogP contribution in [0, 0.1) is 18.6 Å². The summed E-state index contributed by atoms with van der Waals surface area (Å²) < 4.78 is 32.8. The number of rotatable bonds is 4. The van der Waals surface area contributed by atoms with Crippen LogP contribution in [-0.4, -0.2) is 11.0 Å². The molecule has 0 fully saturated rings. The highest BCUT2D eigenvalue weighted by molar-refractivity contribution is 9.10. The van der Waals surface area contributed by atoms with E-state index in [0.29, 0.717) is 10.9 Å². The van der Waals surface area contributed by atoms with E-state index in [1.165, 1.54) is 6.07 Å². The third kappa shape index (κ3) is 3.98. The van der Waals surface area contributed by atoms with Crippen molar-refractivity contribution in [3.05, 3.63) is 51.6 Å². The molecular formula is C15H15BrF2N2O. The molecule has 112 valence electrons. The minimum absolute atomic E-state index is 0.0228. The second-order valence-electron chi connectivity index (χ2n) is 4.95. The highest BCUT2D eigenvalue weighted by Gasteiger charge is 2.14. The summed E-state index contributed by atoms with van der Waals surface area (Å²) in [5.74, 6) is -2.00. The van der Waals surface area contributed by atoms with Crippen molar-refractivity contribution in [3.63, 3.8) is 0 Å². The quantitative estimate of drug-likeness (QED) is 0.838. The highest BCUT2D eigenvalue weighted by atomic mass is 79.9. The molecule has 0 aliphatic heterocycles. The van der Waals surface area contributed by atoms with Crippen LogP contribution in [0.1, 0.15) is 18.1 Å². The van der Waals surface area contributed by atoms with Crippen LogP contribution < -0.4 is 10.5 Å². The van der Waals surface area contributed by atoms with E-state index < -0.39 is 11.6 Å². The first-order valence-corrected chi connectivity index (χ1v) is 7.19. The topological polar surface area (TPSA) is 48.1 Å². The summed E-state index contributed by atoms with van der Waals surface area (Å²) in [5.41, 5.74) is 7.43. The van der Waals surface area contributed by atoms with Gasteiger partial charge in [-0.25, -0.2) is 9.37 Å². The van der Waals surface area contributed by atoms with Crippen LogP contribution in [0.25, 0.3) is 0 Å². The van der Waals surface area contributed by atoms with E-state index in [2.05, 4.69) is 20.9 Å². The molecule has 2 rings (SSSR count). The van der Waals surface area contributed by atoms with E-state index in [4.69, 9.17) is 10.5 Å². The first-order chi connectivity index (χ1) is 9.86. The average Bonchev–Trinajstić information content (AvgIpc) is 2.37. The summed E-state index contributed by atoms with van der Waals surface area (Å²) in [6, 6.07) is 4.29. The molecule has 2 aromatic rings. The number of pyridine rings is 1. The van der Waals surface area contributed by atoms with Crippen molar-refractivity contribution in [3.8, 4) is 11.6 Å². The third-order valence-electron chi connectivity index (χ3n) is 2.81. The number of aryl methyl sites for hydroxylation is 1. The van der Waals surface area contributed by atoms with Gasteiger partial charge in [-0.05, 0) is 44.0 Å². The second kappa shape index (κ2) is 6.49. The molecule has 0 radical (unpaired) electrons. The van der Waals surface area contributed by atoms with Gasteiger partial charge < -0.3 is 10.5 Å². The second-order valence-corrected chi connectivity index (χ2v) is 5.86. The lowest BCUT2D eigenvalue weighted by atomic mass is 10.1. The van der Waals surface area contributed by atoms with Gasteiger partial charge in [0.1, 0.15) is 0 Å². The van der Waals surface area contributed by atoms with Crippen LogP contribution in [0.2, 0.25) is 0 Å². The zero-order valence-electron chi connectivity index (χ0n) is 11.7. The largest absolute Gasteiger partial charge is 0.436 e. The zero-order valence-corrected chi connectivity index (χ0v) is 13.2. The standard InChI is InChI=1S/C15H15BrF2N2O/c1-8-3-10(4-9(2)19)7-20-15(8)21-13-6-11(16)5-12(17)14(13)18/h3,5-7,9H,4,19H2,1-2H3. The molecule has 6 heteroatoms. The predicted octanol–water partition coefficient (Wildman–Crippen LogP) is 4.11. The number of nitrogens with two attached hydrogens (primary N) is 1. The molecule has 0 saturated heterocycles. The molecular weight excluding hydrogens is 342 g/mol. The molecule has 0 aliphatic carbocycles. The molecule has 2 N–H and O–H groups in total. The van der Waals surface area contributed by atoms with Gasteiger partial charge in [-0.2, -0.15) is 4.39 Å². The van der Waals surface area contributed by atoms with Gasteiger partial charge in [0.25, 0.3) is 0 Å². The van der Waals surface area contributed by atoms with Gasteiger partial charge in [0.2, 0.25) is 11.7 Å². The van der Waals surface area contributed by atoms with Crippen molar-refractivity contribution in [1.29, 1.82) is 0 Å². The maximum absolute atomic E-state index is 13.7. The minimum atomic E-state index is -1.04. The number of aromatic nitrogens is 1. The Morgan fingerprint density at radius 1 is 1.33 bits per heavy atom. The van der Waals surface area contributed by atoms with Gasteiger partial charge in [0.15, 0.2) is 11.6 Å². The molecule has 1 aromatic heterocycles. The third-order valence-corrected chi connectivity index (χ3v) is 3.27. The van der Waals surface area contributed by atoms with Gasteiger partial charge >= 0.3 is 0 Å². The van der Waals surface area contributed by atoms with Gasteiger partial charge in [-0.1, -0.05) is 15.9 Å². The van der Waals surface area contributed by atoms with Crippen LogP contribution in [0.4, 0.5) is 8.78 Å². The van der Waals surface area contributed by atoms with Crippen molar-refractivity contribution in [1.82, 2.24) is 4.98 Å². The summed E-state index contributed by atoms with van der Waals surface area (Å²) in [6.07, 6.45) is 2.31. The average molecular weight is 357 g/mol. The molecule has 3 nitrogen and oxygen atoms in total. The number of nitrogens with zero attached hydrogens (tertiary/aromatic N) is 1. The van der Waals surface area contributed by atoms with E-state index in [-0.39, 0.29) is 17.7 Å². The number of halogens is 3. The van der Waals surface area contributed by atoms with Gasteiger partial charge in [0, 0.05) is 22.3 Å². The highest BCUT2D eigenvalue weighted by Crippen LogP contribution is 2.30. The lowest BCUT2D eigenvalue weighted by Crippen LogP contribution is -2.17. The minimum Gasteiger partial charge on any atom is -0.436 e. The normalized spacial score (nSPS) is 12.3. The van der Waals surface area contributed by atoms with Crippen LogP contribution in [-0.2, 0) is 6.42 Å². The Balaban J connectivity index is 2.28. The number of hydrogen-bond acceptors (Lipinski definition) is 3. The monoisotopic (exact) mass is 356 g/mol. The number of ether oxygens (including phenoxy) is 1. The summed E-state index contributed by atoms with van der Waals surface area (Å²) in [4.78, 5) is 4.14. The molecule has 0 aliphatic rings. The van der Waals surface area contributed by atoms with Crippen LogP contribution in [0.5, 0.6) is 11.6 Å². The lowest BCUT2D eigenvalue weighted by Gasteiger charge is -2.11. The van der Waals surface area contributed by atoms with Crippen molar-refractivity contribution in [2.24, 2.45) is 5.73 Å². The Hall–Kier alpha value is -1.53. The number of hydrogen-bond donors (Lipinski definition) is 1. The fourth-order valence-corrected chi connectivity index (χ4v) is 2.33. The summed E-state index contributed by atoms with van der Waals surface area (Å²) in [5, 5.41) is 0. The van der Waals surface area contributed by atoms with E-state index in [0.717, 1.165) is 17.2 Å². The van der Waals surface area contributed by atoms with Crippen molar-refractivity contribution in [2.75, 3.05) is 0 Å². The predicted molar refractivity (Wildman–Crippen MR) is 80.5 cm³/mol. The first-order valence-electron chi connectivity index (χ1n) is 6.40. The van der Waals surface area contributed by atoms with E-state index in [9.17, 15) is 8.78 Å². The molecule has 1 atom stereocenters. The Morgan fingerprint density at radius 3 is 2.67 bits per heavy atom. The van der Waals surface area contributed by atoms with Crippen LogP contribution in [0.15, 0.2) is 28.9 Å². The van der Waals surface area contributed by atoms with Gasteiger partial charge in [0.05, 0.1) is 0 Å². The smallest absolute Gasteiger partial charge is 0.222 e. The van der Waals surface area contributed by atoms with Crippen molar-refractivity contribution < 1.29 is 13.5 Å². The molecule has 1 unspecified atom stereocenters. The summed E-state index contributed by atoms with van der Waals surface area (Å²) >= 11 is 3.10. The van der Waals surface area contributed by atoms with Crippen molar-refractivity contribution in [2.45, 2.75) is 26.3 Å². The number of benzene rings is 1. The molecule has 1 aromatic carbocycles. The maximum atomic E-state index is 13.7. The Bertz CT molecular complexity index is 662. The summed E-state index contributed by atoms with van der Waals surface area (Å²) in [7, 11) is 0. The van der Waals surface area contributed by atoms with Gasteiger partial charge in [-0.15, -0.1) is 0 Å². The molecule has 1 heterocycles. The van der Waals surface area contributed by atoms with Crippen LogP contribution in [0.3, 0.4) is 0 Å². The Kier molecular flexibility index (Phi) is 4.90. The van der Waals surface area contributed by atoms with E-state index >= 15 is 0 Å². The fourth-order valence-electron chi connectivity index (χ4n) is 1.92. The Labute approximate surface area is 130 Å².